The van der Waals surface area contributed by atoms with Crippen molar-refractivity contribution in [2.45, 2.75) is 6.92 Å². The van der Waals surface area contributed by atoms with Crippen molar-refractivity contribution < 1.29 is 19.2 Å². The second-order valence-electron chi connectivity index (χ2n) is 5.81. The van der Waals surface area contributed by atoms with Gasteiger partial charge in [0.1, 0.15) is 12.4 Å². The standard InChI is InChI=1S/C19H16N2O5S/c1-13-5-4-7-15(11-13)26-10-9-20-18(22)17(27-19(20)23)12-14-6-2-3-8-16(14)21(24)25/h2-8,11-12H,9-10H2,1H3/b17-12-. The first kappa shape index (κ1) is 18.7. The molecular weight excluding hydrogens is 368 g/mol. The number of benzene rings is 2. The van der Waals surface area contributed by atoms with Gasteiger partial charge in [0.05, 0.1) is 21.9 Å². The molecule has 1 fully saturated rings. The van der Waals surface area contributed by atoms with Crippen molar-refractivity contribution in [1.82, 2.24) is 4.90 Å². The molecule has 2 aromatic carbocycles. The van der Waals surface area contributed by atoms with Gasteiger partial charge in [-0.1, -0.05) is 24.3 Å². The molecule has 27 heavy (non-hydrogen) atoms. The van der Waals surface area contributed by atoms with Crippen molar-refractivity contribution in [3.05, 3.63) is 74.7 Å². The van der Waals surface area contributed by atoms with E-state index in [9.17, 15) is 19.7 Å². The van der Waals surface area contributed by atoms with E-state index in [4.69, 9.17) is 4.74 Å². The van der Waals surface area contributed by atoms with Crippen LogP contribution in [0.15, 0.2) is 53.4 Å². The zero-order chi connectivity index (χ0) is 19.4. The van der Waals surface area contributed by atoms with Gasteiger partial charge in [-0.05, 0) is 48.5 Å². The Balaban J connectivity index is 1.69. The number of carbonyl (C=O) groups excluding carboxylic acids is 2. The van der Waals surface area contributed by atoms with E-state index in [-0.39, 0.29) is 29.3 Å². The molecule has 1 aliphatic rings. The predicted octanol–water partition coefficient (Wildman–Crippen LogP) is 4.02. The van der Waals surface area contributed by atoms with E-state index >= 15 is 0 Å². The Morgan fingerprint density at radius 2 is 1.96 bits per heavy atom. The number of aryl methyl sites for hydroxylation is 1. The van der Waals surface area contributed by atoms with Crippen LogP contribution in [0.4, 0.5) is 10.5 Å². The summed E-state index contributed by atoms with van der Waals surface area (Å²) in [7, 11) is 0. The molecule has 3 rings (SSSR count). The number of para-hydroxylation sites is 1. The second kappa shape index (κ2) is 8.05. The summed E-state index contributed by atoms with van der Waals surface area (Å²) >= 11 is 0.766. The molecule has 0 radical (unpaired) electrons. The maximum atomic E-state index is 12.5. The van der Waals surface area contributed by atoms with E-state index in [1.165, 1.54) is 18.2 Å². The quantitative estimate of drug-likeness (QED) is 0.424. The summed E-state index contributed by atoms with van der Waals surface area (Å²) in [5, 5.41) is 10.7. The molecule has 8 heteroatoms. The Morgan fingerprint density at radius 3 is 2.70 bits per heavy atom. The molecule has 0 spiro atoms. The number of nitro groups is 1. The normalized spacial score (nSPS) is 15.4. The summed E-state index contributed by atoms with van der Waals surface area (Å²) in [4.78, 5) is 36.4. The van der Waals surface area contributed by atoms with Gasteiger partial charge in [0, 0.05) is 6.07 Å². The van der Waals surface area contributed by atoms with Gasteiger partial charge in [-0.15, -0.1) is 0 Å². The maximum absolute atomic E-state index is 12.5. The van der Waals surface area contributed by atoms with E-state index in [1.54, 1.807) is 18.2 Å². The van der Waals surface area contributed by atoms with Crippen molar-refractivity contribution >= 4 is 34.7 Å². The lowest BCUT2D eigenvalue weighted by Crippen LogP contribution is -2.32. The average Bonchev–Trinajstić information content (AvgIpc) is 2.89. The SMILES string of the molecule is Cc1cccc(OCCN2C(=O)S/C(=C\c3ccccc3[N+](=O)[O-])C2=O)c1. The van der Waals surface area contributed by atoms with Gasteiger partial charge < -0.3 is 4.74 Å². The highest BCUT2D eigenvalue weighted by molar-refractivity contribution is 8.18. The number of ether oxygens (including phenoxy) is 1. The molecule has 1 heterocycles. The molecule has 0 aromatic heterocycles. The summed E-state index contributed by atoms with van der Waals surface area (Å²) in [5.41, 5.74) is 1.21. The summed E-state index contributed by atoms with van der Waals surface area (Å²) in [6.07, 6.45) is 1.38. The van der Waals surface area contributed by atoms with E-state index in [0.29, 0.717) is 5.75 Å². The molecule has 0 bridgehead atoms. The fourth-order valence-electron chi connectivity index (χ4n) is 2.57. The molecule has 0 aliphatic carbocycles. The van der Waals surface area contributed by atoms with E-state index < -0.39 is 16.1 Å². The first-order chi connectivity index (χ1) is 13.0. The lowest BCUT2D eigenvalue weighted by Gasteiger charge is -2.13. The number of nitro benzene ring substituents is 1. The van der Waals surface area contributed by atoms with Crippen LogP contribution in [0.1, 0.15) is 11.1 Å². The van der Waals surface area contributed by atoms with Crippen LogP contribution >= 0.6 is 11.8 Å². The number of thioether (sulfide) groups is 1. The number of imide groups is 1. The van der Waals surface area contributed by atoms with Crippen LogP contribution in [0, 0.1) is 17.0 Å². The molecule has 0 N–H and O–H groups in total. The third-order valence-corrected chi connectivity index (χ3v) is 4.77. The van der Waals surface area contributed by atoms with Crippen LogP contribution in [0.2, 0.25) is 0 Å². The molecule has 1 saturated heterocycles. The fraction of sp³-hybridized carbons (Fsp3) is 0.158. The van der Waals surface area contributed by atoms with Crippen LogP contribution in [0.3, 0.4) is 0 Å². The van der Waals surface area contributed by atoms with Gasteiger partial charge >= 0.3 is 0 Å². The van der Waals surface area contributed by atoms with Gasteiger partial charge in [0.2, 0.25) is 0 Å². The second-order valence-corrected chi connectivity index (χ2v) is 6.81. The third kappa shape index (κ3) is 4.35. The van der Waals surface area contributed by atoms with Crippen molar-refractivity contribution in [1.29, 1.82) is 0 Å². The zero-order valence-electron chi connectivity index (χ0n) is 14.5. The van der Waals surface area contributed by atoms with Crippen molar-refractivity contribution in [3.63, 3.8) is 0 Å². The van der Waals surface area contributed by atoms with Crippen LogP contribution in [-0.2, 0) is 4.79 Å². The van der Waals surface area contributed by atoms with Gasteiger partial charge in [0.15, 0.2) is 0 Å². The third-order valence-electron chi connectivity index (χ3n) is 3.87. The monoisotopic (exact) mass is 384 g/mol. The number of rotatable bonds is 6. The number of hydrogen-bond donors (Lipinski definition) is 0. The molecule has 2 aromatic rings. The molecule has 1 aliphatic heterocycles. The van der Waals surface area contributed by atoms with E-state index in [1.807, 2.05) is 25.1 Å². The maximum Gasteiger partial charge on any atom is 0.293 e. The zero-order valence-corrected chi connectivity index (χ0v) is 15.3. The summed E-state index contributed by atoms with van der Waals surface area (Å²) in [6, 6.07) is 13.5. The molecule has 2 amide bonds. The molecule has 7 nitrogen and oxygen atoms in total. The summed E-state index contributed by atoms with van der Waals surface area (Å²) < 4.78 is 5.59. The Bertz CT molecular complexity index is 941. The Kier molecular flexibility index (Phi) is 5.56. The molecule has 138 valence electrons. The smallest absolute Gasteiger partial charge is 0.293 e. The highest BCUT2D eigenvalue weighted by Crippen LogP contribution is 2.33. The number of carbonyl (C=O) groups is 2. The molecule has 0 atom stereocenters. The highest BCUT2D eigenvalue weighted by atomic mass is 32.2. The lowest BCUT2D eigenvalue weighted by atomic mass is 10.1. The summed E-state index contributed by atoms with van der Waals surface area (Å²) in [5.74, 6) is 0.188. The molecule has 0 saturated carbocycles. The first-order valence-electron chi connectivity index (χ1n) is 8.14. The minimum Gasteiger partial charge on any atom is -0.492 e. The van der Waals surface area contributed by atoms with Crippen LogP contribution in [0.25, 0.3) is 6.08 Å². The van der Waals surface area contributed by atoms with Crippen molar-refractivity contribution in [3.8, 4) is 5.75 Å². The van der Waals surface area contributed by atoms with Gasteiger partial charge in [-0.2, -0.15) is 0 Å². The molecule has 0 unspecified atom stereocenters. The topological polar surface area (TPSA) is 89.8 Å². The Hall–Kier alpha value is -3.13. The van der Waals surface area contributed by atoms with Crippen molar-refractivity contribution in [2.24, 2.45) is 0 Å². The number of hydrogen-bond acceptors (Lipinski definition) is 6. The Morgan fingerprint density at radius 1 is 1.19 bits per heavy atom. The predicted molar refractivity (Wildman–Crippen MR) is 102 cm³/mol. The van der Waals surface area contributed by atoms with E-state index in [2.05, 4.69) is 0 Å². The van der Waals surface area contributed by atoms with Crippen LogP contribution in [0.5, 0.6) is 5.75 Å². The minimum atomic E-state index is -0.522. The number of nitrogens with zero attached hydrogens (tertiary/aromatic N) is 2. The Labute approximate surface area is 159 Å². The van der Waals surface area contributed by atoms with Gasteiger partial charge in [-0.3, -0.25) is 24.6 Å². The lowest BCUT2D eigenvalue weighted by molar-refractivity contribution is -0.385. The molecular formula is C19H16N2O5S. The van der Waals surface area contributed by atoms with Crippen molar-refractivity contribution in [2.75, 3.05) is 13.2 Å². The minimum absolute atomic E-state index is 0.104. The van der Waals surface area contributed by atoms with Crippen LogP contribution in [-0.4, -0.2) is 34.1 Å². The van der Waals surface area contributed by atoms with Gasteiger partial charge in [-0.25, -0.2) is 0 Å². The van der Waals surface area contributed by atoms with Gasteiger partial charge in [0.25, 0.3) is 16.8 Å². The number of amides is 2. The fourth-order valence-corrected chi connectivity index (χ4v) is 3.43. The van der Waals surface area contributed by atoms with E-state index in [0.717, 1.165) is 22.2 Å². The average molecular weight is 384 g/mol. The first-order valence-corrected chi connectivity index (χ1v) is 8.95. The largest absolute Gasteiger partial charge is 0.492 e. The van der Waals surface area contributed by atoms with Crippen LogP contribution < -0.4 is 4.74 Å². The summed E-state index contributed by atoms with van der Waals surface area (Å²) in [6.45, 7) is 2.21. The highest BCUT2D eigenvalue weighted by Gasteiger charge is 2.35.